The minimum Gasteiger partial charge on any atom is -0.496 e. The van der Waals surface area contributed by atoms with E-state index >= 15 is 0 Å². The van der Waals surface area contributed by atoms with Gasteiger partial charge in [0.2, 0.25) is 0 Å². The Labute approximate surface area is 160 Å². The van der Waals surface area contributed by atoms with Gasteiger partial charge in [-0.15, -0.1) is 0 Å². The molecule has 0 spiro atoms. The number of carbonyl (C=O) groups excluding carboxylic acids is 2. The fourth-order valence-corrected chi connectivity index (χ4v) is 3.25. The Morgan fingerprint density at radius 2 is 2.00 bits per heavy atom. The van der Waals surface area contributed by atoms with Gasteiger partial charge in [-0.1, -0.05) is 25.1 Å². The zero-order valence-corrected chi connectivity index (χ0v) is 16.7. The number of methoxy groups -OCH3 is 1. The van der Waals surface area contributed by atoms with Crippen LogP contribution in [0, 0.1) is 0 Å². The zero-order valence-electron chi connectivity index (χ0n) is 16.7. The highest BCUT2D eigenvalue weighted by molar-refractivity contribution is 5.95. The van der Waals surface area contributed by atoms with Crippen LogP contribution in [0.15, 0.2) is 35.5 Å². The average Bonchev–Trinajstić information content (AvgIpc) is 2.65. The Kier molecular flexibility index (Phi) is 7.24. The summed E-state index contributed by atoms with van der Waals surface area (Å²) in [4.78, 5) is 29.1. The smallest absolute Gasteiger partial charge is 0.338 e. The molecule has 2 amide bonds. The predicted molar refractivity (Wildman–Crippen MR) is 103 cm³/mol. The number of carbonyl (C=O) groups is 2. The van der Waals surface area contributed by atoms with Crippen LogP contribution in [0.5, 0.6) is 5.75 Å². The highest BCUT2D eigenvalue weighted by atomic mass is 16.5. The number of nitrogens with one attached hydrogen (secondary N) is 1. The van der Waals surface area contributed by atoms with Crippen molar-refractivity contribution in [3.63, 3.8) is 0 Å². The average molecular weight is 375 g/mol. The largest absolute Gasteiger partial charge is 0.496 e. The Balaban J connectivity index is 2.60. The van der Waals surface area contributed by atoms with E-state index in [0.717, 1.165) is 18.5 Å². The third-order valence-corrected chi connectivity index (χ3v) is 4.55. The maximum Gasteiger partial charge on any atom is 0.338 e. The molecule has 0 bridgehead atoms. The van der Waals surface area contributed by atoms with Crippen molar-refractivity contribution in [2.45, 2.75) is 26.3 Å². The molecule has 27 heavy (non-hydrogen) atoms. The van der Waals surface area contributed by atoms with Crippen LogP contribution < -0.4 is 10.1 Å². The second kappa shape index (κ2) is 9.41. The van der Waals surface area contributed by atoms with E-state index in [1.54, 1.807) is 21.1 Å². The van der Waals surface area contributed by atoms with E-state index < -0.39 is 12.0 Å². The highest BCUT2D eigenvalue weighted by Crippen LogP contribution is 2.35. The van der Waals surface area contributed by atoms with Crippen LogP contribution >= 0.6 is 0 Å². The van der Waals surface area contributed by atoms with E-state index in [0.29, 0.717) is 23.6 Å². The lowest BCUT2D eigenvalue weighted by Crippen LogP contribution is -2.49. The standard InChI is InChI=1S/C20H29N3O4/c1-6-12-22(3)13-15-17(19(24)27-7-2)18(21-20(25)23(15)4)14-10-8-9-11-16(14)26-5/h8-11,18H,6-7,12-13H2,1-5H3,(H,21,25). The number of likely N-dealkylation sites (N-methyl/N-ethyl adjacent to an activating group) is 2. The molecule has 1 heterocycles. The molecule has 1 aliphatic rings. The van der Waals surface area contributed by atoms with Crippen LogP contribution in [0.25, 0.3) is 0 Å². The van der Waals surface area contributed by atoms with Crippen LogP contribution in [0.4, 0.5) is 4.79 Å². The number of esters is 1. The van der Waals surface area contributed by atoms with Gasteiger partial charge in [0.15, 0.2) is 0 Å². The lowest BCUT2D eigenvalue weighted by molar-refractivity contribution is -0.139. The molecule has 0 aliphatic carbocycles. The maximum absolute atomic E-state index is 12.9. The second-order valence-electron chi connectivity index (χ2n) is 6.50. The number of hydrogen-bond donors (Lipinski definition) is 1. The Morgan fingerprint density at radius 3 is 2.63 bits per heavy atom. The summed E-state index contributed by atoms with van der Waals surface area (Å²) < 4.78 is 10.8. The molecule has 148 valence electrons. The summed E-state index contributed by atoms with van der Waals surface area (Å²) in [5.41, 5.74) is 1.80. The summed E-state index contributed by atoms with van der Waals surface area (Å²) in [6.45, 7) is 5.44. The van der Waals surface area contributed by atoms with E-state index in [4.69, 9.17) is 9.47 Å². The minimum atomic E-state index is -0.631. The molecule has 0 fully saturated rings. The van der Waals surface area contributed by atoms with E-state index in [1.807, 2.05) is 31.3 Å². The van der Waals surface area contributed by atoms with E-state index in [1.165, 1.54) is 4.90 Å². The van der Waals surface area contributed by atoms with Crippen molar-refractivity contribution in [1.82, 2.24) is 15.1 Å². The molecule has 0 aromatic heterocycles. The molecule has 1 atom stereocenters. The van der Waals surface area contributed by atoms with Crippen LogP contribution in [0.3, 0.4) is 0 Å². The molecule has 1 aromatic carbocycles. The number of para-hydroxylation sites is 1. The van der Waals surface area contributed by atoms with Crippen LogP contribution in [-0.2, 0) is 9.53 Å². The van der Waals surface area contributed by atoms with Crippen molar-refractivity contribution in [3.8, 4) is 5.75 Å². The zero-order chi connectivity index (χ0) is 20.0. The van der Waals surface area contributed by atoms with Gasteiger partial charge in [-0.05, 0) is 33.0 Å². The van der Waals surface area contributed by atoms with Gasteiger partial charge in [-0.2, -0.15) is 0 Å². The fraction of sp³-hybridized carbons (Fsp3) is 0.500. The monoisotopic (exact) mass is 375 g/mol. The SMILES string of the molecule is CCCN(C)CC1=C(C(=O)OCC)C(c2ccccc2OC)NC(=O)N1C. The molecule has 1 aliphatic heterocycles. The molecule has 1 unspecified atom stereocenters. The topological polar surface area (TPSA) is 71.1 Å². The number of nitrogens with zero attached hydrogens (tertiary/aromatic N) is 2. The van der Waals surface area contributed by atoms with Gasteiger partial charge < -0.3 is 19.7 Å². The molecule has 1 N–H and O–H groups in total. The van der Waals surface area contributed by atoms with Gasteiger partial charge in [-0.25, -0.2) is 9.59 Å². The molecule has 7 heteroatoms. The molecule has 0 saturated carbocycles. The molecular formula is C20H29N3O4. The molecular weight excluding hydrogens is 346 g/mol. The van der Waals surface area contributed by atoms with E-state index in [2.05, 4.69) is 17.1 Å². The Morgan fingerprint density at radius 1 is 1.30 bits per heavy atom. The summed E-state index contributed by atoms with van der Waals surface area (Å²) in [7, 11) is 5.21. The predicted octanol–water partition coefficient (Wildman–Crippen LogP) is 2.55. The second-order valence-corrected chi connectivity index (χ2v) is 6.50. The first-order chi connectivity index (χ1) is 12.9. The summed E-state index contributed by atoms with van der Waals surface area (Å²) >= 11 is 0. The first-order valence-electron chi connectivity index (χ1n) is 9.20. The Bertz CT molecular complexity index is 717. The summed E-state index contributed by atoms with van der Waals surface area (Å²) in [6, 6.07) is 6.47. The lowest BCUT2D eigenvalue weighted by atomic mass is 9.93. The normalized spacial score (nSPS) is 17.2. The van der Waals surface area contributed by atoms with Crippen molar-refractivity contribution in [2.24, 2.45) is 0 Å². The lowest BCUT2D eigenvalue weighted by Gasteiger charge is -2.36. The van der Waals surface area contributed by atoms with Gasteiger partial charge in [0.1, 0.15) is 5.75 Å². The molecule has 0 saturated heterocycles. The summed E-state index contributed by atoms with van der Waals surface area (Å²) in [6.07, 6.45) is 0.977. The van der Waals surface area contributed by atoms with Crippen LogP contribution in [0.2, 0.25) is 0 Å². The van der Waals surface area contributed by atoms with Crippen LogP contribution in [-0.4, -0.2) is 62.7 Å². The molecule has 0 radical (unpaired) electrons. The summed E-state index contributed by atoms with van der Waals surface area (Å²) in [5, 5.41) is 2.91. The number of ether oxygens (including phenoxy) is 2. The molecule has 1 aromatic rings. The van der Waals surface area contributed by atoms with Crippen molar-refractivity contribution < 1.29 is 19.1 Å². The Hall–Kier alpha value is -2.54. The number of rotatable bonds is 8. The number of hydrogen-bond acceptors (Lipinski definition) is 5. The molecule has 7 nitrogen and oxygen atoms in total. The third-order valence-electron chi connectivity index (χ3n) is 4.55. The van der Waals surface area contributed by atoms with Crippen molar-refractivity contribution in [3.05, 3.63) is 41.1 Å². The van der Waals surface area contributed by atoms with Gasteiger partial charge in [-0.3, -0.25) is 4.90 Å². The van der Waals surface area contributed by atoms with E-state index in [9.17, 15) is 9.59 Å². The van der Waals surface area contributed by atoms with Crippen molar-refractivity contribution in [1.29, 1.82) is 0 Å². The highest BCUT2D eigenvalue weighted by Gasteiger charge is 2.38. The van der Waals surface area contributed by atoms with E-state index in [-0.39, 0.29) is 12.6 Å². The van der Waals surface area contributed by atoms with Crippen molar-refractivity contribution >= 4 is 12.0 Å². The first kappa shape index (κ1) is 20.8. The van der Waals surface area contributed by atoms with Gasteiger partial charge in [0, 0.05) is 24.9 Å². The summed E-state index contributed by atoms with van der Waals surface area (Å²) in [5.74, 6) is 0.176. The third kappa shape index (κ3) is 4.60. The number of urea groups is 1. The van der Waals surface area contributed by atoms with Gasteiger partial charge in [0.05, 0.1) is 25.3 Å². The van der Waals surface area contributed by atoms with Crippen LogP contribution in [0.1, 0.15) is 31.9 Å². The fourth-order valence-electron chi connectivity index (χ4n) is 3.25. The van der Waals surface area contributed by atoms with Gasteiger partial charge in [0.25, 0.3) is 0 Å². The minimum absolute atomic E-state index is 0.261. The number of amides is 2. The van der Waals surface area contributed by atoms with Crippen molar-refractivity contribution in [2.75, 3.05) is 40.9 Å². The first-order valence-corrected chi connectivity index (χ1v) is 9.20. The van der Waals surface area contributed by atoms with Gasteiger partial charge >= 0.3 is 12.0 Å². The number of benzene rings is 1. The molecule has 2 rings (SSSR count). The maximum atomic E-state index is 12.9. The quantitative estimate of drug-likeness (QED) is 0.707.